The summed E-state index contributed by atoms with van der Waals surface area (Å²) in [7, 11) is 0. The van der Waals surface area contributed by atoms with Crippen LogP contribution in [0.5, 0.6) is 0 Å². The first-order valence-corrected chi connectivity index (χ1v) is 10.2. The van der Waals surface area contributed by atoms with Crippen molar-refractivity contribution in [2.45, 2.75) is 51.1 Å². The summed E-state index contributed by atoms with van der Waals surface area (Å²) in [5, 5.41) is 10.2. The van der Waals surface area contributed by atoms with Crippen molar-refractivity contribution in [2.24, 2.45) is 0 Å². The van der Waals surface area contributed by atoms with Gasteiger partial charge in [-0.1, -0.05) is 22.4 Å². The fourth-order valence-electron chi connectivity index (χ4n) is 4.29. The van der Waals surface area contributed by atoms with Crippen molar-refractivity contribution in [1.82, 2.24) is 24.7 Å². The molecule has 1 unspecified atom stereocenters. The van der Waals surface area contributed by atoms with Crippen LogP contribution in [0.3, 0.4) is 0 Å². The second-order valence-electron chi connectivity index (χ2n) is 7.15. The quantitative estimate of drug-likeness (QED) is 0.635. The first kappa shape index (κ1) is 16.2. The maximum Gasteiger partial charge on any atom is 0.155 e. The van der Waals surface area contributed by atoms with Crippen molar-refractivity contribution in [2.75, 3.05) is 11.4 Å². The van der Waals surface area contributed by atoms with Crippen molar-refractivity contribution in [3.8, 4) is 0 Å². The van der Waals surface area contributed by atoms with Crippen LogP contribution in [0.1, 0.15) is 49.8 Å². The largest absolute Gasteiger partial charge is 0.346 e. The predicted molar refractivity (Wildman–Crippen MR) is 104 cm³/mol. The van der Waals surface area contributed by atoms with Crippen LogP contribution in [0.15, 0.2) is 29.0 Å². The van der Waals surface area contributed by atoms with Gasteiger partial charge in [0.1, 0.15) is 18.0 Å². The summed E-state index contributed by atoms with van der Waals surface area (Å²) in [5.74, 6) is 3.27. The standard InChI is InChI=1S/C19H21BrN6/c20-13-7-8-15-14(11-13)18(22-12-21-15)25-10-4-5-16(25)19-24-23-17-6-2-1-3-9-26(17)19/h7-8,11-12,16H,1-6,9-10H2. The van der Waals surface area contributed by atoms with Gasteiger partial charge in [0.15, 0.2) is 5.82 Å². The number of hydrogen-bond donors (Lipinski definition) is 0. The topological polar surface area (TPSA) is 59.7 Å². The van der Waals surface area contributed by atoms with Crippen LogP contribution in [-0.4, -0.2) is 31.3 Å². The van der Waals surface area contributed by atoms with Crippen LogP contribution in [0, 0.1) is 0 Å². The van der Waals surface area contributed by atoms with Gasteiger partial charge in [0.05, 0.1) is 11.6 Å². The molecule has 0 amide bonds. The molecule has 4 heterocycles. The molecule has 0 N–H and O–H groups in total. The molecule has 2 aromatic heterocycles. The number of fused-ring (bicyclic) bond motifs is 2. The zero-order valence-electron chi connectivity index (χ0n) is 14.6. The molecule has 6 nitrogen and oxygen atoms in total. The van der Waals surface area contributed by atoms with E-state index in [1.54, 1.807) is 6.33 Å². The maximum atomic E-state index is 4.66. The van der Waals surface area contributed by atoms with Gasteiger partial charge in [0, 0.05) is 29.4 Å². The first-order chi connectivity index (χ1) is 12.8. The van der Waals surface area contributed by atoms with Gasteiger partial charge in [-0.15, -0.1) is 10.2 Å². The maximum absolute atomic E-state index is 4.66. The van der Waals surface area contributed by atoms with E-state index in [1.165, 1.54) is 19.3 Å². The number of nitrogens with zero attached hydrogens (tertiary/aromatic N) is 6. The number of hydrogen-bond acceptors (Lipinski definition) is 5. The Morgan fingerprint density at radius 1 is 1.00 bits per heavy atom. The molecule has 134 valence electrons. The lowest BCUT2D eigenvalue weighted by atomic mass is 10.1. The third-order valence-electron chi connectivity index (χ3n) is 5.54. The molecule has 0 radical (unpaired) electrons. The zero-order valence-corrected chi connectivity index (χ0v) is 16.2. The highest BCUT2D eigenvalue weighted by Gasteiger charge is 2.33. The Morgan fingerprint density at radius 3 is 2.92 bits per heavy atom. The molecule has 1 aromatic carbocycles. The number of anilines is 1. The van der Waals surface area contributed by atoms with E-state index in [1.807, 2.05) is 12.1 Å². The fraction of sp³-hybridized carbons (Fsp3) is 0.474. The lowest BCUT2D eigenvalue weighted by molar-refractivity contribution is 0.558. The van der Waals surface area contributed by atoms with E-state index in [-0.39, 0.29) is 6.04 Å². The van der Waals surface area contributed by atoms with Crippen LogP contribution < -0.4 is 4.90 Å². The fourth-order valence-corrected chi connectivity index (χ4v) is 4.65. The second-order valence-corrected chi connectivity index (χ2v) is 8.06. The van der Waals surface area contributed by atoms with Crippen molar-refractivity contribution in [3.63, 3.8) is 0 Å². The SMILES string of the molecule is Brc1ccc2ncnc(N3CCCC3c3nnc4n3CCCCC4)c2c1. The Bertz CT molecular complexity index is 952. The minimum absolute atomic E-state index is 0.242. The van der Waals surface area contributed by atoms with Crippen molar-refractivity contribution < 1.29 is 0 Å². The summed E-state index contributed by atoms with van der Waals surface area (Å²) in [6.45, 7) is 2.03. The Morgan fingerprint density at radius 2 is 1.96 bits per heavy atom. The Hall–Kier alpha value is -2.02. The zero-order chi connectivity index (χ0) is 17.5. The van der Waals surface area contributed by atoms with Crippen LogP contribution in [0.25, 0.3) is 10.9 Å². The van der Waals surface area contributed by atoms with Gasteiger partial charge in [-0.2, -0.15) is 0 Å². The van der Waals surface area contributed by atoms with Gasteiger partial charge in [0.2, 0.25) is 0 Å². The van der Waals surface area contributed by atoms with Crippen LogP contribution in [0.4, 0.5) is 5.82 Å². The smallest absolute Gasteiger partial charge is 0.155 e. The lowest BCUT2D eigenvalue weighted by Gasteiger charge is -2.26. The van der Waals surface area contributed by atoms with Crippen LogP contribution in [-0.2, 0) is 13.0 Å². The average molecular weight is 413 g/mol. The summed E-state index contributed by atoms with van der Waals surface area (Å²) in [4.78, 5) is 11.5. The molecule has 7 heteroatoms. The van der Waals surface area contributed by atoms with Gasteiger partial charge in [0.25, 0.3) is 0 Å². The average Bonchev–Trinajstić information content (AvgIpc) is 3.22. The van der Waals surface area contributed by atoms with Crippen molar-refractivity contribution >= 4 is 32.7 Å². The van der Waals surface area contributed by atoms with Crippen molar-refractivity contribution in [3.05, 3.63) is 40.6 Å². The van der Waals surface area contributed by atoms with E-state index >= 15 is 0 Å². The Labute approximate surface area is 160 Å². The molecule has 26 heavy (non-hydrogen) atoms. The van der Waals surface area contributed by atoms with Gasteiger partial charge in [-0.25, -0.2) is 9.97 Å². The van der Waals surface area contributed by atoms with Gasteiger partial charge >= 0.3 is 0 Å². The Balaban J connectivity index is 1.58. The molecule has 0 saturated carbocycles. The van der Waals surface area contributed by atoms with E-state index in [9.17, 15) is 0 Å². The number of aromatic nitrogens is 5. The highest BCUT2D eigenvalue weighted by Crippen LogP contribution is 2.38. The third-order valence-corrected chi connectivity index (χ3v) is 6.03. The molecular formula is C19H21BrN6. The lowest BCUT2D eigenvalue weighted by Crippen LogP contribution is -2.26. The third kappa shape index (κ3) is 2.69. The summed E-state index contributed by atoms with van der Waals surface area (Å²) < 4.78 is 3.42. The van der Waals surface area contributed by atoms with E-state index in [0.717, 1.165) is 65.2 Å². The molecule has 0 aliphatic carbocycles. The second kappa shape index (κ2) is 6.61. The number of halogens is 1. The molecule has 1 saturated heterocycles. The van der Waals surface area contributed by atoms with Gasteiger partial charge < -0.3 is 9.47 Å². The molecule has 1 atom stereocenters. The van der Waals surface area contributed by atoms with Gasteiger partial charge in [-0.3, -0.25) is 0 Å². The molecule has 1 fully saturated rings. The van der Waals surface area contributed by atoms with Crippen LogP contribution in [0.2, 0.25) is 0 Å². The number of benzene rings is 1. The van der Waals surface area contributed by atoms with Crippen molar-refractivity contribution in [1.29, 1.82) is 0 Å². The molecule has 0 bridgehead atoms. The van der Waals surface area contributed by atoms with E-state index in [4.69, 9.17) is 0 Å². The molecule has 3 aromatic rings. The monoisotopic (exact) mass is 412 g/mol. The first-order valence-electron chi connectivity index (χ1n) is 9.40. The molecule has 2 aliphatic rings. The number of rotatable bonds is 2. The number of aryl methyl sites for hydroxylation is 1. The van der Waals surface area contributed by atoms with E-state index < -0.39 is 0 Å². The summed E-state index contributed by atoms with van der Waals surface area (Å²) in [6, 6.07) is 6.42. The highest BCUT2D eigenvalue weighted by molar-refractivity contribution is 9.10. The summed E-state index contributed by atoms with van der Waals surface area (Å²) in [6.07, 6.45) is 8.67. The normalized spacial score (nSPS) is 20.3. The minimum Gasteiger partial charge on any atom is -0.346 e. The highest BCUT2D eigenvalue weighted by atomic mass is 79.9. The molecule has 2 aliphatic heterocycles. The van der Waals surface area contributed by atoms with Crippen LogP contribution >= 0.6 is 15.9 Å². The van der Waals surface area contributed by atoms with Gasteiger partial charge in [-0.05, 0) is 43.9 Å². The van der Waals surface area contributed by atoms with E-state index in [2.05, 4.69) is 51.6 Å². The molecular weight excluding hydrogens is 392 g/mol. The minimum atomic E-state index is 0.242. The predicted octanol–water partition coefficient (Wildman–Crippen LogP) is 4.05. The molecule has 0 spiro atoms. The summed E-state index contributed by atoms with van der Waals surface area (Å²) in [5.41, 5.74) is 0.976. The Kier molecular flexibility index (Phi) is 4.11. The van der Waals surface area contributed by atoms with E-state index in [0.29, 0.717) is 0 Å². The summed E-state index contributed by atoms with van der Waals surface area (Å²) >= 11 is 3.59. The molecule has 5 rings (SSSR count).